The first-order valence-corrected chi connectivity index (χ1v) is 7.85. The smallest absolute Gasteiger partial charge is 0.262 e. The van der Waals surface area contributed by atoms with Crippen LogP contribution in [0, 0.1) is 5.82 Å². The molecule has 8 heteroatoms. The van der Waals surface area contributed by atoms with Gasteiger partial charge in [0.15, 0.2) is 0 Å². The van der Waals surface area contributed by atoms with Gasteiger partial charge < -0.3 is 4.98 Å². The van der Waals surface area contributed by atoms with E-state index in [1.54, 1.807) is 0 Å². The highest BCUT2D eigenvalue weighted by molar-refractivity contribution is 7.15. The summed E-state index contributed by atoms with van der Waals surface area (Å²) in [5, 5.41) is 11.6. The third kappa shape index (κ3) is 3.11. The highest BCUT2D eigenvalue weighted by atomic mass is 32.1. The van der Waals surface area contributed by atoms with Crippen molar-refractivity contribution in [3.63, 3.8) is 0 Å². The number of halogens is 1. The maximum Gasteiger partial charge on any atom is 0.262 e. The molecule has 1 aromatic carbocycles. The van der Waals surface area contributed by atoms with Crippen molar-refractivity contribution < 1.29 is 9.18 Å². The number of benzene rings is 1. The summed E-state index contributed by atoms with van der Waals surface area (Å²) in [5.41, 5.74) is -0.168. The van der Waals surface area contributed by atoms with Gasteiger partial charge in [0.2, 0.25) is 10.6 Å². The topological polar surface area (TPSA) is 87.7 Å². The molecule has 0 fully saturated rings. The van der Waals surface area contributed by atoms with Crippen molar-refractivity contribution >= 4 is 33.3 Å². The molecule has 2 heterocycles. The lowest BCUT2D eigenvalue weighted by Gasteiger charge is -2.03. The van der Waals surface area contributed by atoms with Gasteiger partial charge >= 0.3 is 0 Å². The fourth-order valence-electron chi connectivity index (χ4n) is 2.14. The number of aromatic amines is 1. The van der Waals surface area contributed by atoms with Gasteiger partial charge in [-0.25, -0.2) is 4.39 Å². The molecule has 2 aromatic heterocycles. The van der Waals surface area contributed by atoms with E-state index >= 15 is 0 Å². The molecule has 0 aliphatic heterocycles. The summed E-state index contributed by atoms with van der Waals surface area (Å²) in [5.74, 6) is -1.13. The van der Waals surface area contributed by atoms with Crippen LogP contribution in [-0.4, -0.2) is 21.1 Å². The standard InChI is InChI=1S/C15H13FN4O2S/c1-2-3-12-19-20-15(23-12)18-14(22)10-7-17-11-5-4-8(16)6-9(11)13(10)21/h4-7H,2-3H2,1H3,(H,17,21)(H,18,20,22). The number of hydrogen-bond donors (Lipinski definition) is 2. The number of aromatic nitrogens is 3. The molecule has 0 bridgehead atoms. The van der Waals surface area contributed by atoms with Crippen molar-refractivity contribution in [2.75, 3.05) is 5.32 Å². The van der Waals surface area contributed by atoms with E-state index in [-0.39, 0.29) is 10.9 Å². The Hall–Kier alpha value is -2.61. The zero-order chi connectivity index (χ0) is 16.4. The average molecular weight is 332 g/mol. The number of hydrogen-bond acceptors (Lipinski definition) is 5. The largest absolute Gasteiger partial charge is 0.360 e. The average Bonchev–Trinajstić information content (AvgIpc) is 2.95. The summed E-state index contributed by atoms with van der Waals surface area (Å²) in [4.78, 5) is 27.4. The summed E-state index contributed by atoms with van der Waals surface area (Å²) < 4.78 is 13.3. The van der Waals surface area contributed by atoms with Crippen LogP contribution in [0.1, 0.15) is 28.7 Å². The molecule has 1 amide bonds. The van der Waals surface area contributed by atoms with Crippen molar-refractivity contribution in [3.05, 3.63) is 51.0 Å². The minimum Gasteiger partial charge on any atom is -0.360 e. The number of carbonyl (C=O) groups is 1. The molecule has 0 atom stereocenters. The van der Waals surface area contributed by atoms with Crippen molar-refractivity contribution in [1.82, 2.24) is 15.2 Å². The van der Waals surface area contributed by atoms with E-state index in [1.165, 1.54) is 29.7 Å². The number of anilines is 1. The number of nitrogens with one attached hydrogen (secondary N) is 2. The van der Waals surface area contributed by atoms with Crippen LogP contribution >= 0.6 is 11.3 Å². The number of fused-ring (bicyclic) bond motifs is 1. The molecule has 3 rings (SSSR count). The number of amides is 1. The van der Waals surface area contributed by atoms with Crippen LogP contribution in [0.5, 0.6) is 0 Å². The highest BCUT2D eigenvalue weighted by Gasteiger charge is 2.15. The Balaban J connectivity index is 1.91. The molecule has 0 saturated carbocycles. The number of aryl methyl sites for hydroxylation is 1. The minimum atomic E-state index is -0.600. The van der Waals surface area contributed by atoms with Gasteiger partial charge in [-0.1, -0.05) is 18.3 Å². The molecular formula is C15H13FN4O2S. The Morgan fingerprint density at radius 3 is 3.00 bits per heavy atom. The van der Waals surface area contributed by atoms with Crippen LogP contribution in [0.4, 0.5) is 9.52 Å². The third-order valence-electron chi connectivity index (χ3n) is 3.24. The molecule has 0 spiro atoms. The van der Waals surface area contributed by atoms with Crippen LogP contribution in [-0.2, 0) is 6.42 Å². The third-order valence-corrected chi connectivity index (χ3v) is 4.14. The first-order valence-electron chi connectivity index (χ1n) is 7.03. The monoisotopic (exact) mass is 332 g/mol. The zero-order valence-electron chi connectivity index (χ0n) is 12.2. The van der Waals surface area contributed by atoms with E-state index < -0.39 is 17.2 Å². The Bertz CT molecular complexity index is 935. The van der Waals surface area contributed by atoms with Gasteiger partial charge in [-0.05, 0) is 24.6 Å². The second-order valence-electron chi connectivity index (χ2n) is 4.93. The summed E-state index contributed by atoms with van der Waals surface area (Å²) >= 11 is 1.27. The molecule has 0 aliphatic rings. The quantitative estimate of drug-likeness (QED) is 0.769. The Morgan fingerprint density at radius 1 is 1.39 bits per heavy atom. The second-order valence-corrected chi connectivity index (χ2v) is 5.99. The van der Waals surface area contributed by atoms with Crippen LogP contribution in [0.25, 0.3) is 10.9 Å². The highest BCUT2D eigenvalue weighted by Crippen LogP contribution is 2.17. The van der Waals surface area contributed by atoms with E-state index in [0.717, 1.165) is 23.9 Å². The van der Waals surface area contributed by atoms with E-state index in [2.05, 4.69) is 20.5 Å². The van der Waals surface area contributed by atoms with Gasteiger partial charge in [0, 0.05) is 23.5 Å². The molecular weight excluding hydrogens is 319 g/mol. The van der Waals surface area contributed by atoms with Crippen LogP contribution in [0.15, 0.2) is 29.2 Å². The predicted molar refractivity (Wildman–Crippen MR) is 86.4 cm³/mol. The summed E-state index contributed by atoms with van der Waals surface area (Å²) in [7, 11) is 0. The van der Waals surface area contributed by atoms with Gasteiger partial charge in [-0.15, -0.1) is 10.2 Å². The normalized spacial score (nSPS) is 10.9. The molecule has 0 unspecified atom stereocenters. The maximum atomic E-state index is 13.3. The second kappa shape index (κ2) is 6.25. The SMILES string of the molecule is CCCc1nnc(NC(=O)c2c[nH]c3ccc(F)cc3c2=O)s1. The zero-order valence-corrected chi connectivity index (χ0v) is 13.0. The Morgan fingerprint density at radius 2 is 2.22 bits per heavy atom. The summed E-state index contributed by atoms with van der Waals surface area (Å²) in [6.07, 6.45) is 3.02. The number of H-pyrrole nitrogens is 1. The molecule has 0 aliphatic carbocycles. The van der Waals surface area contributed by atoms with Crippen molar-refractivity contribution in [1.29, 1.82) is 0 Å². The first kappa shape index (κ1) is 15.3. The first-order chi connectivity index (χ1) is 11.1. The summed E-state index contributed by atoms with van der Waals surface area (Å²) in [6.45, 7) is 2.02. The van der Waals surface area contributed by atoms with Crippen LogP contribution in [0.3, 0.4) is 0 Å². The van der Waals surface area contributed by atoms with E-state index in [0.29, 0.717) is 10.6 Å². The number of nitrogens with zero attached hydrogens (tertiary/aromatic N) is 2. The molecule has 0 saturated heterocycles. The van der Waals surface area contributed by atoms with Gasteiger partial charge in [0.1, 0.15) is 16.4 Å². The van der Waals surface area contributed by atoms with Crippen LogP contribution < -0.4 is 10.7 Å². The van der Waals surface area contributed by atoms with Gasteiger partial charge in [0.05, 0.1) is 0 Å². The van der Waals surface area contributed by atoms with Gasteiger partial charge in [-0.3, -0.25) is 14.9 Å². The lowest BCUT2D eigenvalue weighted by Crippen LogP contribution is -2.22. The Kier molecular flexibility index (Phi) is 4.16. The van der Waals surface area contributed by atoms with Crippen molar-refractivity contribution in [2.24, 2.45) is 0 Å². The minimum absolute atomic E-state index is 0.102. The van der Waals surface area contributed by atoms with E-state index in [4.69, 9.17) is 0 Å². The van der Waals surface area contributed by atoms with E-state index in [1.807, 2.05) is 6.92 Å². The van der Waals surface area contributed by atoms with Crippen molar-refractivity contribution in [3.8, 4) is 0 Å². The molecule has 6 nitrogen and oxygen atoms in total. The number of pyridine rings is 1. The van der Waals surface area contributed by atoms with E-state index in [9.17, 15) is 14.0 Å². The lowest BCUT2D eigenvalue weighted by molar-refractivity contribution is 0.102. The lowest BCUT2D eigenvalue weighted by atomic mass is 10.1. The van der Waals surface area contributed by atoms with Crippen molar-refractivity contribution in [2.45, 2.75) is 19.8 Å². The van der Waals surface area contributed by atoms with Gasteiger partial charge in [-0.2, -0.15) is 0 Å². The van der Waals surface area contributed by atoms with Crippen LogP contribution in [0.2, 0.25) is 0 Å². The number of carbonyl (C=O) groups excluding carboxylic acids is 1. The fourth-order valence-corrected chi connectivity index (χ4v) is 2.98. The maximum absolute atomic E-state index is 13.3. The molecule has 23 heavy (non-hydrogen) atoms. The Labute approximate surface area is 134 Å². The summed E-state index contributed by atoms with van der Waals surface area (Å²) in [6, 6.07) is 3.80. The van der Waals surface area contributed by atoms with Gasteiger partial charge in [0.25, 0.3) is 5.91 Å². The molecule has 3 aromatic rings. The molecule has 2 N–H and O–H groups in total. The fraction of sp³-hybridized carbons (Fsp3) is 0.200. The number of rotatable bonds is 4. The predicted octanol–water partition coefficient (Wildman–Crippen LogP) is 2.72. The molecule has 0 radical (unpaired) electrons. The molecule has 118 valence electrons.